The number of benzene rings is 1. The summed E-state index contributed by atoms with van der Waals surface area (Å²) in [6.45, 7) is 0. The highest BCUT2D eigenvalue weighted by Gasteiger charge is 2.28. The van der Waals surface area contributed by atoms with Gasteiger partial charge in [-0.05, 0) is 42.5 Å². The van der Waals surface area contributed by atoms with Gasteiger partial charge in [-0.25, -0.2) is 0 Å². The summed E-state index contributed by atoms with van der Waals surface area (Å²) >= 11 is 5.64. The zero-order chi connectivity index (χ0) is 12.4. The van der Waals surface area contributed by atoms with Crippen LogP contribution in [0.15, 0.2) is 12.1 Å². The highest BCUT2D eigenvalue weighted by molar-refractivity contribution is 6.64. The summed E-state index contributed by atoms with van der Waals surface area (Å²) in [4.78, 5) is 11.4. The molecule has 0 radical (unpaired) electrons. The number of halogens is 1. The summed E-state index contributed by atoms with van der Waals surface area (Å²) in [5, 5.41) is -0.293. The van der Waals surface area contributed by atoms with Crippen LogP contribution in [-0.2, 0) is 11.2 Å². The van der Waals surface area contributed by atoms with Gasteiger partial charge in [0.05, 0.1) is 20.1 Å². The van der Waals surface area contributed by atoms with Gasteiger partial charge >= 0.3 is 0 Å². The Hall–Kier alpha value is -1.22. The molecule has 0 fully saturated rings. The van der Waals surface area contributed by atoms with Gasteiger partial charge in [0.25, 0.3) is 0 Å². The molecule has 1 aliphatic carbocycles. The maximum absolute atomic E-state index is 11.4. The Kier molecular flexibility index (Phi) is 3.57. The van der Waals surface area contributed by atoms with E-state index in [1.54, 1.807) is 14.2 Å². The smallest absolute Gasteiger partial charge is 0.229 e. The Morgan fingerprint density at radius 1 is 1.35 bits per heavy atom. The summed E-state index contributed by atoms with van der Waals surface area (Å²) in [6.07, 6.45) is 2.65. The molecule has 3 nitrogen and oxygen atoms in total. The second-order valence-electron chi connectivity index (χ2n) is 4.12. The van der Waals surface area contributed by atoms with Gasteiger partial charge in [0.15, 0.2) is 11.5 Å². The van der Waals surface area contributed by atoms with Crippen molar-refractivity contribution in [3.8, 4) is 11.5 Å². The molecular formula is C13H15ClO3. The lowest BCUT2D eigenvalue weighted by molar-refractivity contribution is -0.113. The van der Waals surface area contributed by atoms with Crippen molar-refractivity contribution in [3.63, 3.8) is 0 Å². The van der Waals surface area contributed by atoms with Crippen LogP contribution >= 0.6 is 11.6 Å². The number of hydrogen-bond acceptors (Lipinski definition) is 3. The first-order valence-corrected chi connectivity index (χ1v) is 6.00. The minimum Gasteiger partial charge on any atom is -0.493 e. The van der Waals surface area contributed by atoms with Crippen molar-refractivity contribution in [1.82, 2.24) is 0 Å². The number of fused-ring (bicyclic) bond motifs is 1. The molecule has 0 aliphatic heterocycles. The Morgan fingerprint density at radius 3 is 2.71 bits per heavy atom. The van der Waals surface area contributed by atoms with Crippen molar-refractivity contribution in [2.24, 2.45) is 0 Å². The van der Waals surface area contributed by atoms with Gasteiger partial charge in [0.1, 0.15) is 0 Å². The molecule has 0 saturated carbocycles. The van der Waals surface area contributed by atoms with Crippen LogP contribution in [0, 0.1) is 0 Å². The number of rotatable bonds is 3. The summed E-state index contributed by atoms with van der Waals surface area (Å²) in [5.41, 5.74) is 2.03. The van der Waals surface area contributed by atoms with Crippen molar-refractivity contribution in [2.45, 2.75) is 25.2 Å². The Balaban J connectivity index is 2.54. The van der Waals surface area contributed by atoms with Gasteiger partial charge in [-0.15, -0.1) is 0 Å². The lowest BCUT2D eigenvalue weighted by Gasteiger charge is -2.25. The van der Waals surface area contributed by atoms with E-state index in [2.05, 4.69) is 0 Å². The van der Waals surface area contributed by atoms with E-state index < -0.39 is 0 Å². The highest BCUT2D eigenvalue weighted by atomic mass is 35.5. The maximum atomic E-state index is 11.4. The molecule has 0 aromatic heterocycles. The van der Waals surface area contributed by atoms with Crippen LogP contribution in [0.5, 0.6) is 11.5 Å². The topological polar surface area (TPSA) is 35.5 Å². The van der Waals surface area contributed by atoms with Crippen LogP contribution in [-0.4, -0.2) is 19.5 Å². The van der Waals surface area contributed by atoms with E-state index in [-0.39, 0.29) is 11.2 Å². The zero-order valence-corrected chi connectivity index (χ0v) is 10.7. The third kappa shape index (κ3) is 2.12. The number of carbonyl (C=O) groups is 1. The van der Waals surface area contributed by atoms with Crippen molar-refractivity contribution >= 4 is 16.8 Å². The molecular weight excluding hydrogens is 240 g/mol. The molecule has 4 heteroatoms. The predicted molar refractivity (Wildman–Crippen MR) is 66.1 cm³/mol. The molecule has 0 amide bonds. The van der Waals surface area contributed by atoms with E-state index in [1.807, 2.05) is 12.1 Å². The van der Waals surface area contributed by atoms with Gasteiger partial charge in [-0.1, -0.05) is 6.07 Å². The largest absolute Gasteiger partial charge is 0.493 e. The van der Waals surface area contributed by atoms with Gasteiger partial charge in [-0.3, -0.25) is 4.79 Å². The molecule has 0 saturated heterocycles. The van der Waals surface area contributed by atoms with E-state index in [4.69, 9.17) is 21.1 Å². The van der Waals surface area contributed by atoms with Gasteiger partial charge < -0.3 is 9.47 Å². The highest BCUT2D eigenvalue weighted by Crippen LogP contribution is 2.42. The summed E-state index contributed by atoms with van der Waals surface area (Å²) < 4.78 is 10.6. The molecule has 0 N–H and O–H groups in total. The minimum atomic E-state index is -0.293. The second-order valence-corrected chi connectivity index (χ2v) is 4.49. The molecule has 0 spiro atoms. The van der Waals surface area contributed by atoms with Gasteiger partial charge in [-0.2, -0.15) is 0 Å². The zero-order valence-electron chi connectivity index (χ0n) is 9.96. The standard InChI is InChI=1S/C13H15ClO3/c1-16-11-7-6-8-9(12(11)17-2)4-3-5-10(8)13(14)15/h6-7,10H,3-5H2,1-2H3. The Morgan fingerprint density at radius 2 is 2.12 bits per heavy atom. The Labute approximate surface area is 106 Å². The molecule has 0 heterocycles. The molecule has 1 aromatic carbocycles. The summed E-state index contributed by atoms with van der Waals surface area (Å²) in [6, 6.07) is 3.75. The lowest BCUT2D eigenvalue weighted by atomic mass is 9.83. The maximum Gasteiger partial charge on any atom is 0.229 e. The first-order valence-electron chi connectivity index (χ1n) is 5.62. The van der Waals surface area contributed by atoms with Crippen molar-refractivity contribution in [2.75, 3.05) is 14.2 Å². The van der Waals surface area contributed by atoms with E-state index in [0.717, 1.165) is 36.1 Å². The summed E-state index contributed by atoms with van der Waals surface area (Å²) in [7, 11) is 3.22. The fraction of sp³-hybridized carbons (Fsp3) is 0.462. The molecule has 92 valence electrons. The number of hydrogen-bond donors (Lipinski definition) is 0. The Bertz CT molecular complexity index is 443. The number of ether oxygens (including phenoxy) is 2. The minimum absolute atomic E-state index is 0.208. The van der Waals surface area contributed by atoms with Crippen LogP contribution in [0.1, 0.15) is 29.9 Å². The van der Waals surface area contributed by atoms with E-state index in [0.29, 0.717) is 5.75 Å². The average molecular weight is 255 g/mol. The van der Waals surface area contributed by atoms with Crippen molar-refractivity contribution < 1.29 is 14.3 Å². The predicted octanol–water partition coefficient (Wildman–Crippen LogP) is 2.89. The van der Waals surface area contributed by atoms with E-state index in [9.17, 15) is 4.79 Å². The molecule has 1 unspecified atom stereocenters. The van der Waals surface area contributed by atoms with Crippen LogP contribution in [0.25, 0.3) is 0 Å². The van der Waals surface area contributed by atoms with Crippen LogP contribution in [0.3, 0.4) is 0 Å². The monoisotopic (exact) mass is 254 g/mol. The third-order valence-electron chi connectivity index (χ3n) is 3.25. The van der Waals surface area contributed by atoms with Crippen LogP contribution in [0.4, 0.5) is 0 Å². The van der Waals surface area contributed by atoms with Crippen molar-refractivity contribution in [3.05, 3.63) is 23.3 Å². The lowest BCUT2D eigenvalue weighted by Crippen LogP contribution is -2.16. The molecule has 0 bridgehead atoms. The third-order valence-corrected chi connectivity index (χ3v) is 3.52. The number of methoxy groups -OCH3 is 2. The molecule has 2 rings (SSSR count). The van der Waals surface area contributed by atoms with E-state index in [1.165, 1.54) is 0 Å². The molecule has 17 heavy (non-hydrogen) atoms. The second kappa shape index (κ2) is 4.96. The van der Waals surface area contributed by atoms with E-state index >= 15 is 0 Å². The molecule has 1 aromatic rings. The fourth-order valence-electron chi connectivity index (χ4n) is 2.46. The first-order chi connectivity index (χ1) is 8.19. The van der Waals surface area contributed by atoms with Crippen molar-refractivity contribution in [1.29, 1.82) is 0 Å². The number of carbonyl (C=O) groups excluding carboxylic acids is 1. The summed E-state index contributed by atoms with van der Waals surface area (Å²) in [5.74, 6) is 1.22. The normalized spacial score (nSPS) is 18.4. The molecule has 1 atom stereocenters. The van der Waals surface area contributed by atoms with Gasteiger partial charge in [0, 0.05) is 5.56 Å². The average Bonchev–Trinajstić information content (AvgIpc) is 2.36. The van der Waals surface area contributed by atoms with Crippen LogP contribution in [0.2, 0.25) is 0 Å². The first kappa shape index (κ1) is 12.2. The fourth-order valence-corrected chi connectivity index (χ4v) is 2.69. The quantitative estimate of drug-likeness (QED) is 0.778. The van der Waals surface area contributed by atoms with Gasteiger partial charge in [0.2, 0.25) is 5.24 Å². The SMILES string of the molecule is COc1ccc2c(c1OC)CCCC2C(=O)Cl. The van der Waals surface area contributed by atoms with Crippen LogP contribution < -0.4 is 9.47 Å². The molecule has 1 aliphatic rings.